The lowest BCUT2D eigenvalue weighted by Crippen LogP contribution is -2.14. The third kappa shape index (κ3) is 4.30. The van der Waals surface area contributed by atoms with Crippen molar-refractivity contribution in [2.45, 2.75) is 32.1 Å². The van der Waals surface area contributed by atoms with Crippen LogP contribution in [0.2, 0.25) is 0 Å². The van der Waals surface area contributed by atoms with Crippen LogP contribution >= 0.6 is 0 Å². The SMILES string of the molecule is COC(=O)OCC1CCC=CCCC1. The first-order valence-electron chi connectivity index (χ1n) is 5.18. The van der Waals surface area contributed by atoms with E-state index in [2.05, 4.69) is 16.9 Å². The van der Waals surface area contributed by atoms with Crippen LogP contribution in [0.5, 0.6) is 0 Å². The van der Waals surface area contributed by atoms with Gasteiger partial charge in [0.2, 0.25) is 0 Å². The summed E-state index contributed by atoms with van der Waals surface area (Å²) in [6, 6.07) is 0. The first-order valence-corrected chi connectivity index (χ1v) is 5.18. The van der Waals surface area contributed by atoms with Crippen LogP contribution in [0.1, 0.15) is 32.1 Å². The van der Waals surface area contributed by atoms with Crippen LogP contribution < -0.4 is 0 Å². The molecule has 0 aromatic carbocycles. The lowest BCUT2D eigenvalue weighted by Gasteiger charge is -2.16. The van der Waals surface area contributed by atoms with Crippen LogP contribution in [0.3, 0.4) is 0 Å². The Bertz CT molecular complexity index is 199. The molecule has 1 rings (SSSR count). The standard InChI is InChI=1S/C11H18O3/c1-13-11(12)14-9-10-7-5-3-2-4-6-8-10/h2-3,10H,4-9H2,1H3. The zero-order chi connectivity index (χ0) is 10.2. The summed E-state index contributed by atoms with van der Waals surface area (Å²) in [7, 11) is 1.34. The van der Waals surface area contributed by atoms with Crippen LogP contribution in [0.25, 0.3) is 0 Å². The molecule has 3 heteroatoms. The highest BCUT2D eigenvalue weighted by Crippen LogP contribution is 2.18. The fourth-order valence-corrected chi connectivity index (χ4v) is 1.65. The van der Waals surface area contributed by atoms with Gasteiger partial charge in [-0.05, 0) is 38.0 Å². The second-order valence-electron chi connectivity index (χ2n) is 3.61. The van der Waals surface area contributed by atoms with Crippen molar-refractivity contribution in [1.82, 2.24) is 0 Å². The van der Waals surface area contributed by atoms with E-state index >= 15 is 0 Å². The number of hydrogen-bond acceptors (Lipinski definition) is 3. The molecule has 1 aliphatic rings. The summed E-state index contributed by atoms with van der Waals surface area (Å²) in [5.74, 6) is 0.499. The van der Waals surface area contributed by atoms with Gasteiger partial charge in [-0.3, -0.25) is 0 Å². The molecule has 0 bridgehead atoms. The summed E-state index contributed by atoms with van der Waals surface area (Å²) < 4.78 is 9.36. The molecule has 1 unspecified atom stereocenters. The number of ether oxygens (including phenoxy) is 2. The zero-order valence-corrected chi connectivity index (χ0v) is 8.70. The van der Waals surface area contributed by atoms with E-state index in [9.17, 15) is 4.79 Å². The maximum atomic E-state index is 10.7. The van der Waals surface area contributed by atoms with Gasteiger partial charge in [0.05, 0.1) is 13.7 Å². The third-order valence-corrected chi connectivity index (χ3v) is 2.49. The fraction of sp³-hybridized carbons (Fsp3) is 0.727. The van der Waals surface area contributed by atoms with E-state index in [1.165, 1.54) is 13.5 Å². The summed E-state index contributed by atoms with van der Waals surface area (Å²) in [5.41, 5.74) is 0. The van der Waals surface area contributed by atoms with Gasteiger partial charge in [0.1, 0.15) is 0 Å². The molecule has 0 radical (unpaired) electrons. The van der Waals surface area contributed by atoms with Crippen LogP contribution in [-0.4, -0.2) is 19.9 Å². The Balaban J connectivity index is 2.21. The van der Waals surface area contributed by atoms with Crippen molar-refractivity contribution in [3.63, 3.8) is 0 Å². The molecule has 0 aromatic heterocycles. The van der Waals surface area contributed by atoms with Gasteiger partial charge in [-0.2, -0.15) is 0 Å². The lowest BCUT2D eigenvalue weighted by atomic mass is 9.95. The van der Waals surface area contributed by atoms with E-state index in [1.807, 2.05) is 0 Å². The zero-order valence-electron chi connectivity index (χ0n) is 8.70. The van der Waals surface area contributed by atoms with Crippen molar-refractivity contribution < 1.29 is 14.3 Å². The maximum absolute atomic E-state index is 10.7. The molecule has 3 nitrogen and oxygen atoms in total. The van der Waals surface area contributed by atoms with E-state index in [4.69, 9.17) is 4.74 Å². The van der Waals surface area contributed by atoms with E-state index < -0.39 is 6.16 Å². The Morgan fingerprint density at radius 3 is 2.93 bits per heavy atom. The van der Waals surface area contributed by atoms with Gasteiger partial charge < -0.3 is 9.47 Å². The van der Waals surface area contributed by atoms with Gasteiger partial charge in [-0.1, -0.05) is 12.2 Å². The number of allylic oxidation sites excluding steroid dienone is 2. The van der Waals surface area contributed by atoms with Crippen molar-refractivity contribution in [2.24, 2.45) is 5.92 Å². The van der Waals surface area contributed by atoms with Crippen molar-refractivity contribution in [3.05, 3.63) is 12.2 Å². The molecule has 0 amide bonds. The molecule has 0 aromatic rings. The van der Waals surface area contributed by atoms with Crippen LogP contribution in [0.15, 0.2) is 12.2 Å². The maximum Gasteiger partial charge on any atom is 0.507 e. The molecule has 80 valence electrons. The first kappa shape index (κ1) is 11.1. The normalized spacial score (nSPS) is 22.2. The first-order chi connectivity index (χ1) is 6.83. The molecule has 14 heavy (non-hydrogen) atoms. The molecule has 0 N–H and O–H groups in total. The monoisotopic (exact) mass is 198 g/mol. The van der Waals surface area contributed by atoms with Crippen molar-refractivity contribution in [2.75, 3.05) is 13.7 Å². The Labute approximate surface area is 85.1 Å². The number of carbonyl (C=O) groups excluding carboxylic acids is 1. The Hall–Kier alpha value is -0.990. The second-order valence-corrected chi connectivity index (χ2v) is 3.61. The van der Waals surface area contributed by atoms with E-state index in [0.29, 0.717) is 12.5 Å². The number of methoxy groups -OCH3 is 1. The number of hydrogen-bond donors (Lipinski definition) is 0. The predicted molar refractivity (Wildman–Crippen MR) is 54.1 cm³/mol. The topological polar surface area (TPSA) is 35.5 Å². The van der Waals surface area contributed by atoms with Crippen molar-refractivity contribution in [3.8, 4) is 0 Å². The fourth-order valence-electron chi connectivity index (χ4n) is 1.65. The third-order valence-electron chi connectivity index (χ3n) is 2.49. The molecule has 1 atom stereocenters. The summed E-state index contributed by atoms with van der Waals surface area (Å²) in [4.78, 5) is 10.7. The molecular formula is C11H18O3. The average molecular weight is 198 g/mol. The summed E-state index contributed by atoms with van der Waals surface area (Å²) in [6.45, 7) is 0.501. The molecule has 0 spiro atoms. The van der Waals surface area contributed by atoms with Gasteiger partial charge in [0, 0.05) is 0 Å². The van der Waals surface area contributed by atoms with E-state index in [0.717, 1.165) is 25.7 Å². The Morgan fingerprint density at radius 1 is 1.36 bits per heavy atom. The average Bonchev–Trinajstić information content (AvgIpc) is 2.15. The largest absolute Gasteiger partial charge is 0.507 e. The van der Waals surface area contributed by atoms with Gasteiger partial charge in [0.25, 0.3) is 0 Å². The molecular weight excluding hydrogens is 180 g/mol. The van der Waals surface area contributed by atoms with Gasteiger partial charge >= 0.3 is 6.16 Å². The highest BCUT2D eigenvalue weighted by molar-refractivity contribution is 5.59. The minimum absolute atomic E-state index is 0.499. The second kappa shape index (κ2) is 6.46. The quantitative estimate of drug-likeness (QED) is 0.505. The molecule has 0 heterocycles. The summed E-state index contributed by atoms with van der Waals surface area (Å²) >= 11 is 0. The Morgan fingerprint density at radius 2 is 2.14 bits per heavy atom. The molecule has 0 saturated heterocycles. The summed E-state index contributed by atoms with van der Waals surface area (Å²) in [6.07, 6.45) is 9.55. The van der Waals surface area contributed by atoms with Gasteiger partial charge in [0.15, 0.2) is 0 Å². The molecule has 1 aliphatic carbocycles. The van der Waals surface area contributed by atoms with Crippen LogP contribution in [0.4, 0.5) is 4.79 Å². The highest BCUT2D eigenvalue weighted by atomic mass is 16.7. The minimum atomic E-state index is -0.567. The van der Waals surface area contributed by atoms with Crippen molar-refractivity contribution in [1.29, 1.82) is 0 Å². The minimum Gasteiger partial charge on any atom is -0.438 e. The Kier molecular flexibility index (Phi) is 5.12. The number of carbonyl (C=O) groups is 1. The van der Waals surface area contributed by atoms with Crippen LogP contribution in [0, 0.1) is 5.92 Å². The van der Waals surface area contributed by atoms with Crippen molar-refractivity contribution >= 4 is 6.16 Å². The lowest BCUT2D eigenvalue weighted by molar-refractivity contribution is 0.0573. The molecule has 0 fully saturated rings. The summed E-state index contributed by atoms with van der Waals surface area (Å²) in [5, 5.41) is 0. The number of rotatable bonds is 2. The predicted octanol–water partition coefficient (Wildman–Crippen LogP) is 2.91. The van der Waals surface area contributed by atoms with E-state index in [-0.39, 0.29) is 0 Å². The molecule has 0 saturated carbocycles. The molecule has 0 aliphatic heterocycles. The van der Waals surface area contributed by atoms with Crippen LogP contribution in [-0.2, 0) is 9.47 Å². The smallest absolute Gasteiger partial charge is 0.438 e. The van der Waals surface area contributed by atoms with Gasteiger partial charge in [-0.25, -0.2) is 4.79 Å². The van der Waals surface area contributed by atoms with Gasteiger partial charge in [-0.15, -0.1) is 0 Å². The van der Waals surface area contributed by atoms with E-state index in [1.54, 1.807) is 0 Å². The highest BCUT2D eigenvalue weighted by Gasteiger charge is 2.12.